The van der Waals surface area contributed by atoms with Crippen LogP contribution in [0.2, 0.25) is 18.1 Å². The molecule has 0 spiro atoms. The van der Waals surface area contributed by atoms with Crippen molar-refractivity contribution < 1.29 is 4.43 Å². The maximum atomic E-state index is 6.18. The predicted molar refractivity (Wildman–Crippen MR) is 99.3 cm³/mol. The molecule has 0 aromatic heterocycles. The van der Waals surface area contributed by atoms with E-state index in [0.717, 1.165) is 13.0 Å². The van der Waals surface area contributed by atoms with Crippen LogP contribution < -0.4 is 0 Å². The molecule has 0 aromatic rings. The Hall–Kier alpha value is 0.177. The molecular weight excluding hydrogens is 272 g/mol. The summed E-state index contributed by atoms with van der Waals surface area (Å²) in [6.07, 6.45) is 16.1. The van der Waals surface area contributed by atoms with Crippen molar-refractivity contribution in [1.82, 2.24) is 0 Å². The third-order valence-corrected chi connectivity index (χ3v) is 9.39. The third kappa shape index (κ3) is 11.4. The van der Waals surface area contributed by atoms with Crippen LogP contribution in [0.4, 0.5) is 0 Å². The zero-order valence-corrected chi connectivity index (χ0v) is 16.8. The molecule has 21 heavy (non-hydrogen) atoms. The maximum Gasteiger partial charge on any atom is 0.191 e. The average molecular weight is 314 g/mol. The summed E-state index contributed by atoms with van der Waals surface area (Å²) in [4.78, 5) is 0. The van der Waals surface area contributed by atoms with Gasteiger partial charge in [0, 0.05) is 6.61 Å². The Morgan fingerprint density at radius 2 is 1.33 bits per heavy atom. The molecule has 0 saturated carbocycles. The van der Waals surface area contributed by atoms with Crippen LogP contribution in [-0.2, 0) is 4.43 Å². The Morgan fingerprint density at radius 3 is 1.86 bits per heavy atom. The molecule has 0 aliphatic carbocycles. The van der Waals surface area contributed by atoms with E-state index in [4.69, 9.17) is 4.43 Å². The summed E-state index contributed by atoms with van der Waals surface area (Å²) in [5.41, 5.74) is 0. The molecule has 1 radical (unpaired) electrons. The SMILES string of the molecule is CCCCCCCCCC[CH]CCO[Si](C)(C)C(C)(C)C. The molecule has 0 aliphatic heterocycles. The lowest BCUT2D eigenvalue weighted by atomic mass is 10.1. The standard InChI is InChI=1S/C19H41OSi/c1-7-8-9-10-11-12-13-14-15-16-17-18-20-21(5,6)19(2,3)4/h16H,7-15,17-18H2,1-6H3. The Labute approximate surface area is 136 Å². The van der Waals surface area contributed by atoms with Crippen LogP contribution >= 0.6 is 0 Å². The summed E-state index contributed by atoms with van der Waals surface area (Å²) < 4.78 is 6.18. The number of rotatable bonds is 13. The molecule has 0 aliphatic rings. The number of unbranched alkanes of at least 4 members (excludes halogenated alkanes) is 10. The lowest BCUT2D eigenvalue weighted by Gasteiger charge is -2.36. The fourth-order valence-electron chi connectivity index (χ4n) is 2.18. The van der Waals surface area contributed by atoms with E-state index in [1.54, 1.807) is 0 Å². The highest BCUT2D eigenvalue weighted by Crippen LogP contribution is 2.36. The highest BCUT2D eigenvalue weighted by atomic mass is 28.4. The van der Waals surface area contributed by atoms with Crippen LogP contribution in [-0.4, -0.2) is 14.9 Å². The van der Waals surface area contributed by atoms with E-state index in [9.17, 15) is 0 Å². The summed E-state index contributed by atoms with van der Waals surface area (Å²) >= 11 is 0. The predicted octanol–water partition coefficient (Wildman–Crippen LogP) is 7.13. The first-order valence-electron chi connectivity index (χ1n) is 9.27. The largest absolute Gasteiger partial charge is 0.417 e. The van der Waals surface area contributed by atoms with Crippen LogP contribution in [0.25, 0.3) is 0 Å². The average Bonchev–Trinajstić information content (AvgIpc) is 2.38. The fourth-order valence-corrected chi connectivity index (χ4v) is 3.24. The molecule has 0 bridgehead atoms. The molecule has 1 nitrogen and oxygen atoms in total. The second-order valence-corrected chi connectivity index (χ2v) is 12.8. The zero-order chi connectivity index (χ0) is 16.2. The van der Waals surface area contributed by atoms with Crippen molar-refractivity contribution in [3.05, 3.63) is 6.42 Å². The lowest BCUT2D eigenvalue weighted by molar-refractivity contribution is 0.289. The van der Waals surface area contributed by atoms with E-state index in [2.05, 4.69) is 47.2 Å². The van der Waals surface area contributed by atoms with Crippen molar-refractivity contribution in [2.75, 3.05) is 6.61 Å². The zero-order valence-electron chi connectivity index (χ0n) is 15.8. The van der Waals surface area contributed by atoms with Crippen molar-refractivity contribution in [2.24, 2.45) is 0 Å². The molecule has 0 rings (SSSR count). The van der Waals surface area contributed by atoms with Crippen LogP contribution in [0.3, 0.4) is 0 Å². The summed E-state index contributed by atoms with van der Waals surface area (Å²) in [6.45, 7) is 14.8. The molecule has 0 aromatic carbocycles. The van der Waals surface area contributed by atoms with Gasteiger partial charge in [-0.2, -0.15) is 0 Å². The van der Waals surface area contributed by atoms with E-state index in [1.165, 1.54) is 57.8 Å². The van der Waals surface area contributed by atoms with Gasteiger partial charge in [-0.25, -0.2) is 0 Å². The van der Waals surface area contributed by atoms with Crippen LogP contribution in [0.15, 0.2) is 0 Å². The van der Waals surface area contributed by atoms with E-state index >= 15 is 0 Å². The van der Waals surface area contributed by atoms with Crippen molar-refractivity contribution in [3.63, 3.8) is 0 Å². The molecule has 0 heterocycles. The summed E-state index contributed by atoms with van der Waals surface area (Å²) in [7, 11) is -1.52. The topological polar surface area (TPSA) is 9.23 Å². The van der Waals surface area contributed by atoms with E-state index in [1.807, 2.05) is 0 Å². The van der Waals surface area contributed by atoms with Crippen molar-refractivity contribution in [3.8, 4) is 0 Å². The van der Waals surface area contributed by atoms with E-state index in [0.29, 0.717) is 5.04 Å². The quantitative estimate of drug-likeness (QED) is 0.259. The lowest BCUT2D eigenvalue weighted by Crippen LogP contribution is -2.40. The molecule has 0 unspecified atom stereocenters. The van der Waals surface area contributed by atoms with Crippen molar-refractivity contribution in [2.45, 2.75) is 110 Å². The Kier molecular flexibility index (Phi) is 11.8. The van der Waals surface area contributed by atoms with Gasteiger partial charge in [0.25, 0.3) is 0 Å². The normalized spacial score (nSPS) is 12.9. The van der Waals surface area contributed by atoms with Gasteiger partial charge in [-0.05, 0) is 31.0 Å². The Balaban J connectivity index is 3.30. The molecule has 0 saturated heterocycles. The maximum absolute atomic E-state index is 6.18. The minimum atomic E-state index is -1.52. The van der Waals surface area contributed by atoms with Crippen LogP contribution in [0.1, 0.15) is 91.9 Å². The molecule has 127 valence electrons. The highest BCUT2D eigenvalue weighted by Gasteiger charge is 2.36. The van der Waals surface area contributed by atoms with E-state index in [-0.39, 0.29) is 0 Å². The first-order chi connectivity index (χ1) is 9.81. The smallest absolute Gasteiger partial charge is 0.191 e. The van der Waals surface area contributed by atoms with Gasteiger partial charge >= 0.3 is 0 Å². The molecule has 0 fully saturated rings. The second kappa shape index (κ2) is 11.7. The Bertz CT molecular complexity index is 230. The first kappa shape index (κ1) is 21.2. The van der Waals surface area contributed by atoms with Gasteiger partial charge in [0.2, 0.25) is 0 Å². The minimum absolute atomic E-state index is 0.338. The van der Waals surface area contributed by atoms with Gasteiger partial charge in [-0.1, -0.05) is 85.5 Å². The third-order valence-electron chi connectivity index (χ3n) is 4.85. The van der Waals surface area contributed by atoms with Gasteiger partial charge in [-0.15, -0.1) is 0 Å². The molecule has 0 amide bonds. The monoisotopic (exact) mass is 313 g/mol. The summed E-state index contributed by atoms with van der Waals surface area (Å²) in [5, 5.41) is 0.338. The second-order valence-electron chi connectivity index (χ2n) is 7.95. The van der Waals surface area contributed by atoms with Crippen LogP contribution in [0, 0.1) is 6.42 Å². The van der Waals surface area contributed by atoms with Crippen molar-refractivity contribution >= 4 is 8.32 Å². The number of hydrogen-bond donors (Lipinski definition) is 0. The molecule has 2 heteroatoms. The highest BCUT2D eigenvalue weighted by molar-refractivity contribution is 6.74. The minimum Gasteiger partial charge on any atom is -0.417 e. The molecule has 0 atom stereocenters. The summed E-state index contributed by atoms with van der Waals surface area (Å²) in [5.74, 6) is 0. The van der Waals surface area contributed by atoms with Gasteiger partial charge in [0.05, 0.1) is 0 Å². The van der Waals surface area contributed by atoms with E-state index < -0.39 is 8.32 Å². The van der Waals surface area contributed by atoms with Gasteiger partial charge in [0.15, 0.2) is 8.32 Å². The Morgan fingerprint density at radius 1 is 0.810 bits per heavy atom. The fraction of sp³-hybridized carbons (Fsp3) is 0.947. The van der Waals surface area contributed by atoms with Gasteiger partial charge < -0.3 is 4.43 Å². The van der Waals surface area contributed by atoms with Crippen molar-refractivity contribution in [1.29, 1.82) is 0 Å². The first-order valence-corrected chi connectivity index (χ1v) is 12.2. The summed E-state index contributed by atoms with van der Waals surface area (Å²) in [6, 6.07) is 0. The molecule has 0 N–H and O–H groups in total. The molecular formula is C19H41OSi. The van der Waals surface area contributed by atoms with Gasteiger partial charge in [-0.3, -0.25) is 0 Å². The van der Waals surface area contributed by atoms with Gasteiger partial charge in [0.1, 0.15) is 0 Å². The van der Waals surface area contributed by atoms with Crippen LogP contribution in [0.5, 0.6) is 0 Å². The number of hydrogen-bond acceptors (Lipinski definition) is 1.